The highest BCUT2D eigenvalue weighted by molar-refractivity contribution is 5.96. The second-order valence-corrected chi connectivity index (χ2v) is 3.99. The fraction of sp³-hybridized carbons (Fsp3) is 0.500. The highest BCUT2D eigenvalue weighted by Gasteiger charge is 2.24. The zero-order chi connectivity index (χ0) is 12.3. The molecule has 0 bridgehead atoms. The first-order valence-corrected chi connectivity index (χ1v) is 5.62. The number of pyridine rings is 1. The number of methoxy groups -OCH3 is 1. The van der Waals surface area contributed by atoms with Crippen molar-refractivity contribution in [3.05, 3.63) is 23.9 Å². The van der Waals surface area contributed by atoms with Crippen LogP contribution in [0.2, 0.25) is 0 Å². The van der Waals surface area contributed by atoms with Crippen molar-refractivity contribution in [2.75, 3.05) is 26.8 Å². The predicted molar refractivity (Wildman–Crippen MR) is 62.1 cm³/mol. The minimum absolute atomic E-state index is 0.0508. The molecule has 1 aromatic heterocycles. The SMILES string of the molecule is COc1ncccc1C(=O)N1CCO[C@@H](C)C1. The smallest absolute Gasteiger partial charge is 0.259 e. The lowest BCUT2D eigenvalue weighted by atomic mass is 10.2. The van der Waals surface area contributed by atoms with Crippen molar-refractivity contribution in [3.8, 4) is 5.88 Å². The zero-order valence-electron chi connectivity index (χ0n) is 10.0. The van der Waals surface area contributed by atoms with Gasteiger partial charge >= 0.3 is 0 Å². The quantitative estimate of drug-likeness (QED) is 0.767. The lowest BCUT2D eigenvalue weighted by molar-refractivity contribution is -0.0125. The monoisotopic (exact) mass is 236 g/mol. The van der Waals surface area contributed by atoms with Crippen molar-refractivity contribution >= 4 is 5.91 Å². The summed E-state index contributed by atoms with van der Waals surface area (Å²) in [6.45, 7) is 3.76. The fourth-order valence-corrected chi connectivity index (χ4v) is 1.89. The zero-order valence-corrected chi connectivity index (χ0v) is 10.0. The standard InChI is InChI=1S/C12H16N2O3/c1-9-8-14(6-7-17-9)12(15)10-4-3-5-13-11(10)16-2/h3-5,9H,6-8H2,1-2H3/t9-/m0/s1. The number of rotatable bonds is 2. The molecule has 0 saturated carbocycles. The average molecular weight is 236 g/mol. The van der Waals surface area contributed by atoms with Gasteiger partial charge < -0.3 is 14.4 Å². The first-order valence-electron chi connectivity index (χ1n) is 5.62. The van der Waals surface area contributed by atoms with Gasteiger partial charge in [-0.15, -0.1) is 0 Å². The van der Waals surface area contributed by atoms with Gasteiger partial charge in [0, 0.05) is 19.3 Å². The third-order valence-corrected chi connectivity index (χ3v) is 2.72. The van der Waals surface area contributed by atoms with Crippen molar-refractivity contribution in [3.63, 3.8) is 0 Å². The predicted octanol–water partition coefficient (Wildman–Crippen LogP) is 0.951. The number of aromatic nitrogens is 1. The van der Waals surface area contributed by atoms with Crippen molar-refractivity contribution < 1.29 is 14.3 Å². The van der Waals surface area contributed by atoms with Gasteiger partial charge in [-0.1, -0.05) is 0 Å². The van der Waals surface area contributed by atoms with Crippen LogP contribution < -0.4 is 4.74 Å². The van der Waals surface area contributed by atoms with E-state index < -0.39 is 0 Å². The van der Waals surface area contributed by atoms with Crippen molar-refractivity contribution in [1.82, 2.24) is 9.88 Å². The molecule has 1 amide bonds. The second-order valence-electron chi connectivity index (χ2n) is 3.99. The highest BCUT2D eigenvalue weighted by Crippen LogP contribution is 2.17. The average Bonchev–Trinajstić information content (AvgIpc) is 2.38. The summed E-state index contributed by atoms with van der Waals surface area (Å²) in [4.78, 5) is 18.1. The van der Waals surface area contributed by atoms with Crippen LogP contribution in [0.25, 0.3) is 0 Å². The maximum Gasteiger partial charge on any atom is 0.259 e. The largest absolute Gasteiger partial charge is 0.480 e. The van der Waals surface area contributed by atoms with E-state index in [1.54, 1.807) is 23.2 Å². The van der Waals surface area contributed by atoms with Crippen LogP contribution in [-0.2, 0) is 4.74 Å². The van der Waals surface area contributed by atoms with Gasteiger partial charge in [-0.3, -0.25) is 4.79 Å². The third kappa shape index (κ3) is 2.55. The molecule has 0 unspecified atom stereocenters. The first-order chi connectivity index (χ1) is 8.22. The van der Waals surface area contributed by atoms with E-state index in [2.05, 4.69) is 4.98 Å². The van der Waals surface area contributed by atoms with Crippen LogP contribution in [0.5, 0.6) is 5.88 Å². The first kappa shape index (κ1) is 11.9. The van der Waals surface area contributed by atoms with E-state index >= 15 is 0 Å². The number of carbonyl (C=O) groups is 1. The molecule has 0 aromatic carbocycles. The summed E-state index contributed by atoms with van der Waals surface area (Å²) < 4.78 is 10.5. The van der Waals surface area contributed by atoms with Crippen LogP contribution in [0, 0.1) is 0 Å². The molecule has 1 saturated heterocycles. The molecule has 1 aromatic rings. The van der Waals surface area contributed by atoms with Crippen molar-refractivity contribution in [2.24, 2.45) is 0 Å². The molecule has 2 rings (SSSR count). The number of hydrogen-bond donors (Lipinski definition) is 0. The Labute approximate surface area is 100 Å². The maximum atomic E-state index is 12.3. The van der Waals surface area contributed by atoms with E-state index in [1.165, 1.54) is 7.11 Å². The molecule has 2 heterocycles. The number of amides is 1. The fourth-order valence-electron chi connectivity index (χ4n) is 1.89. The van der Waals surface area contributed by atoms with Gasteiger partial charge in [0.05, 0.1) is 19.8 Å². The minimum Gasteiger partial charge on any atom is -0.480 e. The molecular weight excluding hydrogens is 220 g/mol. The van der Waals surface area contributed by atoms with Crippen LogP contribution in [0.4, 0.5) is 0 Å². The van der Waals surface area contributed by atoms with Crippen LogP contribution in [0.15, 0.2) is 18.3 Å². The Balaban J connectivity index is 2.18. The number of ether oxygens (including phenoxy) is 2. The van der Waals surface area contributed by atoms with Gasteiger partial charge in [0.25, 0.3) is 5.91 Å². The Hall–Kier alpha value is -1.62. The van der Waals surface area contributed by atoms with E-state index in [-0.39, 0.29) is 12.0 Å². The Kier molecular flexibility index (Phi) is 3.58. The summed E-state index contributed by atoms with van der Waals surface area (Å²) in [6, 6.07) is 3.47. The summed E-state index contributed by atoms with van der Waals surface area (Å²) >= 11 is 0. The summed E-state index contributed by atoms with van der Waals surface area (Å²) in [7, 11) is 1.51. The maximum absolute atomic E-state index is 12.3. The van der Waals surface area contributed by atoms with Gasteiger partial charge in [-0.05, 0) is 19.1 Å². The molecule has 1 aliphatic heterocycles. The lowest BCUT2D eigenvalue weighted by Crippen LogP contribution is -2.44. The molecule has 1 fully saturated rings. The Morgan fingerprint density at radius 1 is 1.65 bits per heavy atom. The topological polar surface area (TPSA) is 51.7 Å². The Bertz CT molecular complexity index is 408. The molecule has 92 valence electrons. The molecule has 0 radical (unpaired) electrons. The van der Waals surface area contributed by atoms with Crippen molar-refractivity contribution in [1.29, 1.82) is 0 Å². The molecule has 1 aliphatic rings. The number of carbonyl (C=O) groups excluding carboxylic acids is 1. The molecular formula is C12H16N2O3. The van der Waals surface area contributed by atoms with Gasteiger partial charge in [0.15, 0.2) is 0 Å². The normalized spacial score (nSPS) is 20.1. The van der Waals surface area contributed by atoms with Crippen LogP contribution in [0.3, 0.4) is 0 Å². The minimum atomic E-state index is -0.0508. The third-order valence-electron chi connectivity index (χ3n) is 2.72. The van der Waals surface area contributed by atoms with Gasteiger partial charge in [0.2, 0.25) is 5.88 Å². The van der Waals surface area contributed by atoms with Crippen LogP contribution >= 0.6 is 0 Å². The number of morpholine rings is 1. The molecule has 0 spiro atoms. The Morgan fingerprint density at radius 2 is 2.47 bits per heavy atom. The number of hydrogen-bond acceptors (Lipinski definition) is 4. The van der Waals surface area contributed by atoms with E-state index in [0.29, 0.717) is 31.1 Å². The molecule has 1 atom stereocenters. The summed E-state index contributed by atoms with van der Waals surface area (Å²) in [5.74, 6) is 0.321. The molecule has 0 aliphatic carbocycles. The lowest BCUT2D eigenvalue weighted by Gasteiger charge is -2.31. The molecule has 5 nitrogen and oxygen atoms in total. The molecule has 5 heteroatoms. The van der Waals surface area contributed by atoms with E-state index in [0.717, 1.165) is 0 Å². The van der Waals surface area contributed by atoms with E-state index in [4.69, 9.17) is 9.47 Å². The van der Waals surface area contributed by atoms with E-state index in [1.807, 2.05) is 6.92 Å². The Morgan fingerprint density at radius 3 is 3.18 bits per heavy atom. The summed E-state index contributed by atoms with van der Waals surface area (Å²) in [5.41, 5.74) is 0.504. The van der Waals surface area contributed by atoms with Gasteiger partial charge in [-0.2, -0.15) is 0 Å². The summed E-state index contributed by atoms with van der Waals surface area (Å²) in [5, 5.41) is 0. The van der Waals surface area contributed by atoms with Crippen LogP contribution in [0.1, 0.15) is 17.3 Å². The number of nitrogens with zero attached hydrogens (tertiary/aromatic N) is 2. The molecule has 17 heavy (non-hydrogen) atoms. The highest BCUT2D eigenvalue weighted by atomic mass is 16.5. The van der Waals surface area contributed by atoms with Gasteiger partial charge in [0.1, 0.15) is 5.56 Å². The van der Waals surface area contributed by atoms with E-state index in [9.17, 15) is 4.79 Å². The second kappa shape index (κ2) is 5.14. The van der Waals surface area contributed by atoms with Gasteiger partial charge in [-0.25, -0.2) is 4.98 Å². The summed E-state index contributed by atoms with van der Waals surface area (Å²) in [6.07, 6.45) is 1.69. The van der Waals surface area contributed by atoms with Crippen molar-refractivity contribution in [2.45, 2.75) is 13.0 Å². The molecule has 0 N–H and O–H groups in total. The van der Waals surface area contributed by atoms with Crippen LogP contribution in [-0.4, -0.2) is 48.7 Å².